The van der Waals surface area contributed by atoms with Gasteiger partial charge in [0, 0.05) is 35.8 Å². The Morgan fingerprint density at radius 2 is 0.253 bits per heavy atom. The minimum Gasteiger partial charge on any atom is -0.550 e. The second-order valence-electron chi connectivity index (χ2n) is 19.5. The Morgan fingerprint density at radius 1 is 0.173 bits per heavy atom. The predicted octanol–water partition coefficient (Wildman–Crippen LogP) is 10.1. The number of carboxylic acid groups (broad SMARTS) is 6. The van der Waals surface area contributed by atoms with E-state index >= 15 is 0 Å². The van der Waals surface area contributed by atoms with E-state index in [2.05, 4.69) is 41.5 Å². The van der Waals surface area contributed by atoms with Crippen molar-refractivity contribution in [3.63, 3.8) is 0 Å². The van der Waals surface area contributed by atoms with Crippen molar-refractivity contribution in [3.05, 3.63) is 0 Å². The summed E-state index contributed by atoms with van der Waals surface area (Å²) >= 11 is 0. The van der Waals surface area contributed by atoms with Crippen molar-refractivity contribution in [1.29, 1.82) is 0 Å². The Kier molecular flexibility index (Phi) is 112. The van der Waals surface area contributed by atoms with E-state index in [0.29, 0.717) is 0 Å². The zero-order valence-electron chi connectivity index (χ0n) is 50.0. The molecule has 432 valence electrons. The number of carboxylic acids is 6. The summed E-state index contributed by atoms with van der Waals surface area (Å²) in [7, 11) is 0. The van der Waals surface area contributed by atoms with E-state index in [0.717, 1.165) is 77.0 Å². The van der Waals surface area contributed by atoms with E-state index in [1.54, 1.807) is 0 Å². The molecule has 12 nitrogen and oxygen atoms in total. The summed E-state index contributed by atoms with van der Waals surface area (Å²) in [5, 5.41) is 60.1. The van der Waals surface area contributed by atoms with E-state index in [4.69, 9.17) is 0 Å². The van der Waals surface area contributed by atoms with Gasteiger partial charge in [-0.05, 0) is 77.0 Å². The van der Waals surface area contributed by atoms with E-state index in [1.807, 2.05) is 0 Å². The predicted molar refractivity (Wildman–Crippen MR) is 303 cm³/mol. The van der Waals surface area contributed by atoms with Crippen LogP contribution < -0.4 is 30.6 Å². The topological polar surface area (TPSA) is 241 Å². The summed E-state index contributed by atoms with van der Waals surface area (Å²) in [5.41, 5.74) is 0. The van der Waals surface area contributed by atoms with Crippen LogP contribution in [0.2, 0.25) is 0 Å². The zero-order chi connectivity index (χ0) is 55.4. The van der Waals surface area contributed by atoms with Crippen LogP contribution in [0.5, 0.6) is 0 Å². The molecular weight excluding hydrogens is 986 g/mol. The number of carbonyl (C=O) groups is 6. The molecule has 0 bridgehead atoms. The number of hydrogen-bond donors (Lipinski definition) is 0. The number of unbranched alkanes of at least 4 members (excludes halogenated alkanes) is 36. The Hall–Kier alpha value is -0.881. The molecule has 0 aromatic rings. The molecular formula is C60H114Mg3O12. The summed E-state index contributed by atoms with van der Waals surface area (Å²) in [5.74, 6) is -5.48. The van der Waals surface area contributed by atoms with Crippen molar-refractivity contribution in [2.24, 2.45) is 0 Å². The molecule has 0 N–H and O–H groups in total. The number of carbonyl (C=O) groups excluding carboxylic acids is 6. The molecule has 0 atom stereocenters. The van der Waals surface area contributed by atoms with Gasteiger partial charge in [-0.2, -0.15) is 0 Å². The molecule has 0 aliphatic rings. The molecule has 0 heterocycles. The van der Waals surface area contributed by atoms with Gasteiger partial charge in [-0.15, -0.1) is 0 Å². The molecule has 0 saturated heterocycles. The average Bonchev–Trinajstić information content (AvgIpc) is 3.33. The second kappa shape index (κ2) is 89.7. The quantitative estimate of drug-likeness (QED) is 0.0408. The molecule has 0 aliphatic heterocycles. The van der Waals surface area contributed by atoms with Crippen LogP contribution in [-0.4, -0.2) is 105 Å². The first-order valence-corrected chi connectivity index (χ1v) is 29.8. The minimum absolute atomic E-state index is 0. The SMILES string of the molecule is CCCCCCCCCC(=O)[O-].CCCCCCCCCC(=O)[O-].CCCCCCCCCC(=O)[O-].CCCCCCCCCC(=O)[O-].CCCCCCCCCC(=O)[O-].CCCCCCCCCC(=O)[O-].[Mg+2].[Mg+2].[Mg+2]. The van der Waals surface area contributed by atoms with Gasteiger partial charge in [0.15, 0.2) is 0 Å². The van der Waals surface area contributed by atoms with Crippen molar-refractivity contribution in [2.75, 3.05) is 0 Å². The standard InChI is InChI=1S/6C10H20O2.3Mg/c6*1-2-3-4-5-6-7-8-9-10(11)12;;;/h6*2-9H2,1H3,(H,11,12);;;/q;;;;;;3*+2/p-6. The minimum atomic E-state index is -0.913. The first-order chi connectivity index (χ1) is 34.6. The molecule has 0 rings (SSSR count). The maximum atomic E-state index is 10.0. The van der Waals surface area contributed by atoms with Gasteiger partial charge in [0.2, 0.25) is 0 Å². The Balaban J connectivity index is -0.0000000988. The summed E-state index contributed by atoms with van der Waals surface area (Å²) < 4.78 is 0. The van der Waals surface area contributed by atoms with Gasteiger partial charge in [-0.25, -0.2) is 0 Å². The maximum absolute atomic E-state index is 10.0. The molecule has 0 unspecified atom stereocenters. The fourth-order valence-corrected chi connectivity index (χ4v) is 7.36. The van der Waals surface area contributed by atoms with Crippen LogP contribution in [0.4, 0.5) is 0 Å². The third-order valence-corrected chi connectivity index (χ3v) is 11.9. The first kappa shape index (κ1) is 93.4. The fraction of sp³-hybridized carbons (Fsp3) is 0.900. The summed E-state index contributed by atoms with van der Waals surface area (Å²) in [6.45, 7) is 13.1. The Bertz CT molecular complexity index is 898. The van der Waals surface area contributed by atoms with Gasteiger partial charge >= 0.3 is 69.2 Å². The van der Waals surface area contributed by atoms with Gasteiger partial charge in [0.1, 0.15) is 0 Å². The van der Waals surface area contributed by atoms with Crippen LogP contribution in [0, 0.1) is 0 Å². The maximum Gasteiger partial charge on any atom is 2.00 e. The van der Waals surface area contributed by atoms with E-state index in [9.17, 15) is 59.4 Å². The van der Waals surface area contributed by atoms with Crippen LogP contribution in [0.3, 0.4) is 0 Å². The smallest absolute Gasteiger partial charge is 0.550 e. The molecule has 15 heteroatoms. The van der Waals surface area contributed by atoms with Gasteiger partial charge in [-0.3, -0.25) is 0 Å². The normalized spacial score (nSPS) is 9.68. The van der Waals surface area contributed by atoms with Crippen LogP contribution in [0.1, 0.15) is 350 Å². The van der Waals surface area contributed by atoms with Crippen molar-refractivity contribution in [2.45, 2.75) is 350 Å². The van der Waals surface area contributed by atoms with Gasteiger partial charge < -0.3 is 59.4 Å². The monoisotopic (exact) mass is 1100 g/mol. The Morgan fingerprint density at radius 3 is 0.333 bits per heavy atom. The molecule has 0 spiro atoms. The van der Waals surface area contributed by atoms with Crippen molar-refractivity contribution in [3.8, 4) is 0 Å². The molecule has 0 aliphatic carbocycles. The van der Waals surface area contributed by atoms with Crippen molar-refractivity contribution < 1.29 is 59.4 Å². The molecule has 0 aromatic carbocycles. The zero-order valence-corrected chi connectivity index (χ0v) is 54.2. The van der Waals surface area contributed by atoms with Gasteiger partial charge in [0.25, 0.3) is 0 Å². The van der Waals surface area contributed by atoms with Crippen LogP contribution in [0.15, 0.2) is 0 Å². The first-order valence-electron chi connectivity index (χ1n) is 29.8. The summed E-state index contributed by atoms with van der Waals surface area (Å²) in [6.07, 6.45) is 50.1. The number of aliphatic carboxylic acids is 6. The second-order valence-corrected chi connectivity index (χ2v) is 19.5. The van der Waals surface area contributed by atoms with Crippen LogP contribution in [0.25, 0.3) is 0 Å². The molecule has 75 heavy (non-hydrogen) atoms. The summed E-state index contributed by atoms with van der Waals surface area (Å²) in [6, 6.07) is 0. The van der Waals surface area contributed by atoms with Crippen LogP contribution >= 0.6 is 0 Å². The molecule has 0 amide bonds. The van der Waals surface area contributed by atoms with Gasteiger partial charge in [0.05, 0.1) is 0 Å². The average molecular weight is 1100 g/mol. The van der Waals surface area contributed by atoms with Crippen molar-refractivity contribution >= 4 is 105 Å². The number of rotatable bonds is 48. The third kappa shape index (κ3) is 131. The summed E-state index contributed by atoms with van der Waals surface area (Å²) in [4.78, 5) is 60.1. The molecule has 0 saturated carbocycles. The molecule has 0 aromatic heterocycles. The molecule has 0 fully saturated rings. The van der Waals surface area contributed by atoms with E-state index in [-0.39, 0.29) is 108 Å². The molecule has 0 radical (unpaired) electrons. The fourth-order valence-electron chi connectivity index (χ4n) is 7.36. The largest absolute Gasteiger partial charge is 2.00 e. The van der Waals surface area contributed by atoms with E-state index in [1.165, 1.54) is 193 Å². The van der Waals surface area contributed by atoms with Gasteiger partial charge in [-0.1, -0.05) is 273 Å². The third-order valence-electron chi connectivity index (χ3n) is 11.9. The van der Waals surface area contributed by atoms with Crippen LogP contribution in [-0.2, 0) is 28.8 Å². The number of hydrogen-bond acceptors (Lipinski definition) is 12. The Labute approximate surface area is 510 Å². The van der Waals surface area contributed by atoms with E-state index < -0.39 is 35.8 Å². The van der Waals surface area contributed by atoms with Crippen molar-refractivity contribution in [1.82, 2.24) is 0 Å².